The third kappa shape index (κ3) is 7.56. The summed E-state index contributed by atoms with van der Waals surface area (Å²) in [6, 6.07) is 16.3. The zero-order valence-electron chi connectivity index (χ0n) is 22.4. The molecule has 0 aliphatic carbocycles. The third-order valence-corrected chi connectivity index (χ3v) is 6.81. The Hall–Kier alpha value is -3.38. The molecule has 6 nitrogen and oxygen atoms in total. The lowest BCUT2D eigenvalue weighted by atomic mass is 9.95. The molecule has 37 heavy (non-hydrogen) atoms. The maximum Gasteiger partial charge on any atom is 0.290 e. The van der Waals surface area contributed by atoms with Crippen LogP contribution < -0.4 is 4.74 Å². The molecule has 1 amide bonds. The van der Waals surface area contributed by atoms with Gasteiger partial charge in [-0.3, -0.25) is 9.59 Å². The predicted octanol–water partition coefficient (Wildman–Crippen LogP) is 5.97. The molecule has 0 bridgehead atoms. The van der Waals surface area contributed by atoms with Gasteiger partial charge in [0.2, 0.25) is 0 Å². The number of carbonyl (C=O) groups excluding carboxylic acids is 2. The van der Waals surface area contributed by atoms with Crippen molar-refractivity contribution in [3.63, 3.8) is 0 Å². The fraction of sp³-hybridized carbons (Fsp3) is 0.419. The molecule has 0 fully saturated rings. The molecule has 1 heterocycles. The molecule has 2 aromatic rings. The first-order valence-electron chi connectivity index (χ1n) is 13.5. The van der Waals surface area contributed by atoms with Crippen LogP contribution in [0.2, 0.25) is 0 Å². The van der Waals surface area contributed by atoms with Gasteiger partial charge in [0.15, 0.2) is 11.5 Å². The van der Waals surface area contributed by atoms with E-state index >= 15 is 0 Å². The molecular formula is C31H40N2O4. The van der Waals surface area contributed by atoms with Crippen molar-refractivity contribution in [2.75, 3.05) is 32.8 Å². The van der Waals surface area contributed by atoms with Crippen LogP contribution in [0, 0.1) is 0 Å². The highest BCUT2D eigenvalue weighted by Crippen LogP contribution is 2.38. The number of ketones is 1. The first-order chi connectivity index (χ1) is 18.0. The minimum absolute atomic E-state index is 0.116. The van der Waals surface area contributed by atoms with Gasteiger partial charge in [0.1, 0.15) is 5.75 Å². The van der Waals surface area contributed by atoms with E-state index in [0.29, 0.717) is 19.7 Å². The molecule has 0 saturated carbocycles. The number of unbranched alkanes of at least 4 members (excludes halogenated alkanes) is 3. The monoisotopic (exact) mass is 504 g/mol. The lowest BCUT2D eigenvalue weighted by Gasteiger charge is -2.29. The molecule has 2 aromatic carbocycles. The number of hydrogen-bond donors (Lipinski definition) is 1. The van der Waals surface area contributed by atoms with Crippen molar-refractivity contribution >= 4 is 17.8 Å². The average molecular weight is 505 g/mol. The van der Waals surface area contributed by atoms with Crippen LogP contribution in [0.4, 0.5) is 0 Å². The van der Waals surface area contributed by atoms with Gasteiger partial charge in [-0.15, -0.1) is 0 Å². The summed E-state index contributed by atoms with van der Waals surface area (Å²) in [6.45, 7) is 9.77. The number of ether oxygens (including phenoxy) is 1. The second kappa shape index (κ2) is 14.4. The van der Waals surface area contributed by atoms with Crippen LogP contribution in [-0.2, 0) is 9.59 Å². The summed E-state index contributed by atoms with van der Waals surface area (Å²) in [5.41, 5.74) is 1.76. The van der Waals surface area contributed by atoms with Crippen molar-refractivity contribution in [3.05, 3.63) is 83.1 Å². The second-order valence-corrected chi connectivity index (χ2v) is 9.28. The van der Waals surface area contributed by atoms with E-state index in [1.165, 1.54) is 18.9 Å². The maximum absolute atomic E-state index is 13.3. The SMILES string of the molecule is CCCCCCOc1ccc(C2C(C(=O)/C=C/c3ccccc3)=C(O)C(=O)N2CCN(CC)CC)cc1. The predicted molar refractivity (Wildman–Crippen MR) is 148 cm³/mol. The summed E-state index contributed by atoms with van der Waals surface area (Å²) in [4.78, 5) is 30.3. The Labute approximate surface area is 221 Å². The molecule has 198 valence electrons. The smallest absolute Gasteiger partial charge is 0.290 e. The second-order valence-electron chi connectivity index (χ2n) is 9.28. The summed E-state index contributed by atoms with van der Waals surface area (Å²) in [5, 5.41) is 10.8. The Kier molecular flexibility index (Phi) is 11.0. The zero-order chi connectivity index (χ0) is 26.6. The molecule has 0 spiro atoms. The van der Waals surface area contributed by atoms with Gasteiger partial charge in [0, 0.05) is 13.1 Å². The van der Waals surface area contributed by atoms with E-state index < -0.39 is 17.7 Å². The van der Waals surface area contributed by atoms with E-state index in [4.69, 9.17) is 4.74 Å². The van der Waals surface area contributed by atoms with E-state index in [9.17, 15) is 14.7 Å². The number of allylic oxidation sites excluding steroid dienone is 1. The first kappa shape index (κ1) is 28.2. The van der Waals surface area contributed by atoms with E-state index in [1.807, 2.05) is 54.6 Å². The molecule has 1 atom stereocenters. The summed E-state index contributed by atoms with van der Waals surface area (Å²) >= 11 is 0. The Morgan fingerprint density at radius 2 is 1.70 bits per heavy atom. The fourth-order valence-electron chi connectivity index (χ4n) is 4.56. The minimum atomic E-state index is -0.658. The van der Waals surface area contributed by atoms with Crippen LogP contribution >= 0.6 is 0 Å². The third-order valence-electron chi connectivity index (χ3n) is 6.81. The number of benzene rings is 2. The standard InChI is InChI=1S/C31H40N2O4/c1-4-7-8-12-23-37-26-18-16-25(17-19-26)29-28(27(34)20-15-24-13-10-9-11-14-24)30(35)31(36)33(29)22-21-32(5-2)6-3/h9-11,13-20,29,35H,4-8,12,21-23H2,1-3H3/b20-15+. The lowest BCUT2D eigenvalue weighted by Crippen LogP contribution is -2.38. The summed E-state index contributed by atoms with van der Waals surface area (Å²) in [6.07, 6.45) is 7.68. The molecule has 1 unspecified atom stereocenters. The van der Waals surface area contributed by atoms with Gasteiger partial charge < -0.3 is 19.6 Å². The van der Waals surface area contributed by atoms with Crippen molar-refractivity contribution in [2.45, 2.75) is 52.5 Å². The van der Waals surface area contributed by atoms with Gasteiger partial charge in [-0.25, -0.2) is 0 Å². The highest BCUT2D eigenvalue weighted by atomic mass is 16.5. The average Bonchev–Trinajstić information content (AvgIpc) is 3.18. The molecule has 1 aliphatic heterocycles. The number of hydrogen-bond acceptors (Lipinski definition) is 5. The van der Waals surface area contributed by atoms with Gasteiger partial charge in [-0.2, -0.15) is 0 Å². The van der Waals surface area contributed by atoms with Crippen LogP contribution in [0.5, 0.6) is 5.75 Å². The highest BCUT2D eigenvalue weighted by molar-refractivity contribution is 6.14. The van der Waals surface area contributed by atoms with Crippen LogP contribution in [0.15, 0.2) is 72.0 Å². The molecule has 0 saturated heterocycles. The molecule has 3 rings (SSSR count). The molecule has 1 N–H and O–H groups in total. The highest BCUT2D eigenvalue weighted by Gasteiger charge is 2.42. The van der Waals surface area contributed by atoms with Crippen molar-refractivity contribution < 1.29 is 19.4 Å². The topological polar surface area (TPSA) is 70.1 Å². The maximum atomic E-state index is 13.3. The van der Waals surface area contributed by atoms with E-state index in [1.54, 1.807) is 11.0 Å². The largest absolute Gasteiger partial charge is 0.503 e. The summed E-state index contributed by atoms with van der Waals surface area (Å²) in [5.74, 6) is -0.598. The van der Waals surface area contributed by atoms with Gasteiger partial charge in [0.25, 0.3) is 5.91 Å². The van der Waals surface area contributed by atoms with Crippen molar-refractivity contribution in [2.24, 2.45) is 0 Å². The van der Waals surface area contributed by atoms with Crippen LogP contribution in [-0.4, -0.2) is 59.4 Å². The summed E-state index contributed by atoms with van der Waals surface area (Å²) < 4.78 is 5.88. The van der Waals surface area contributed by atoms with Crippen LogP contribution in [0.25, 0.3) is 6.08 Å². The number of amides is 1. The van der Waals surface area contributed by atoms with E-state index in [2.05, 4.69) is 25.7 Å². The zero-order valence-corrected chi connectivity index (χ0v) is 22.4. The molecule has 0 radical (unpaired) electrons. The van der Waals surface area contributed by atoms with E-state index in [0.717, 1.165) is 42.8 Å². The Morgan fingerprint density at radius 1 is 1.00 bits per heavy atom. The van der Waals surface area contributed by atoms with Crippen molar-refractivity contribution in [3.8, 4) is 5.75 Å². The number of likely N-dealkylation sites (N-methyl/N-ethyl adjacent to an activating group) is 1. The first-order valence-corrected chi connectivity index (χ1v) is 13.5. The molecule has 1 aliphatic rings. The lowest BCUT2D eigenvalue weighted by molar-refractivity contribution is -0.129. The van der Waals surface area contributed by atoms with Crippen molar-refractivity contribution in [1.82, 2.24) is 9.80 Å². The normalized spacial score (nSPS) is 15.8. The summed E-state index contributed by atoms with van der Waals surface area (Å²) in [7, 11) is 0. The van der Waals surface area contributed by atoms with Gasteiger partial charge >= 0.3 is 0 Å². The van der Waals surface area contributed by atoms with Gasteiger partial charge in [-0.05, 0) is 48.8 Å². The Morgan fingerprint density at radius 3 is 2.35 bits per heavy atom. The molecule has 0 aromatic heterocycles. The molecule has 6 heteroatoms. The van der Waals surface area contributed by atoms with Crippen LogP contribution in [0.3, 0.4) is 0 Å². The number of carbonyl (C=O) groups is 2. The Balaban J connectivity index is 1.84. The molecular weight excluding hydrogens is 464 g/mol. The van der Waals surface area contributed by atoms with Crippen molar-refractivity contribution in [1.29, 1.82) is 0 Å². The number of aliphatic hydroxyl groups is 1. The van der Waals surface area contributed by atoms with Crippen LogP contribution in [0.1, 0.15) is 63.6 Å². The van der Waals surface area contributed by atoms with Gasteiger partial charge in [-0.1, -0.05) is 88.6 Å². The fourth-order valence-corrected chi connectivity index (χ4v) is 4.56. The Bertz CT molecular complexity index is 1070. The van der Waals surface area contributed by atoms with E-state index in [-0.39, 0.29) is 11.4 Å². The number of nitrogens with zero attached hydrogens (tertiary/aromatic N) is 2. The van der Waals surface area contributed by atoms with Gasteiger partial charge in [0.05, 0.1) is 18.2 Å². The number of rotatable bonds is 15. The number of aliphatic hydroxyl groups excluding tert-OH is 1. The quantitative estimate of drug-likeness (QED) is 0.239. The minimum Gasteiger partial charge on any atom is -0.503 e.